The summed E-state index contributed by atoms with van der Waals surface area (Å²) in [6, 6.07) is 9.73. The molecule has 0 saturated carbocycles. The number of nitrogens with zero attached hydrogens (tertiary/aromatic N) is 6. The van der Waals surface area contributed by atoms with Gasteiger partial charge in [-0.2, -0.15) is 9.78 Å². The van der Waals surface area contributed by atoms with Crippen molar-refractivity contribution in [1.29, 1.82) is 0 Å². The van der Waals surface area contributed by atoms with Crippen LogP contribution in [0.4, 0.5) is 5.82 Å². The Morgan fingerprint density at radius 2 is 2.07 bits per heavy atom. The second-order valence-electron chi connectivity index (χ2n) is 5.85. The maximum absolute atomic E-state index is 12.4. The fourth-order valence-corrected chi connectivity index (χ4v) is 2.37. The number of carbonyl (C=O) groups excluding carboxylic acids is 1. The highest BCUT2D eigenvalue weighted by molar-refractivity contribution is 5.94. The Balaban J connectivity index is 1.73. The van der Waals surface area contributed by atoms with E-state index in [0.717, 1.165) is 5.56 Å². The monoisotopic (exact) mass is 366 g/mol. The first-order chi connectivity index (χ1) is 13.1. The molecule has 1 amide bonds. The number of nitrogens with two attached hydrogens (primary N) is 1. The number of hydrazone groups is 1. The highest BCUT2D eigenvalue weighted by Crippen LogP contribution is 2.22. The molecule has 0 saturated heterocycles. The molecular formula is C17H18N8O2. The van der Waals surface area contributed by atoms with Crippen molar-refractivity contribution in [2.45, 2.75) is 19.8 Å². The van der Waals surface area contributed by atoms with Crippen LogP contribution in [0, 0.1) is 0 Å². The average Bonchev–Trinajstić information content (AvgIpc) is 3.28. The molecule has 1 aromatic carbocycles. The van der Waals surface area contributed by atoms with Crippen LogP contribution in [-0.2, 0) is 0 Å². The molecule has 10 nitrogen and oxygen atoms in total. The molecule has 10 heteroatoms. The van der Waals surface area contributed by atoms with E-state index in [2.05, 4.69) is 35.8 Å². The van der Waals surface area contributed by atoms with Crippen LogP contribution in [0.5, 0.6) is 0 Å². The minimum absolute atomic E-state index is 0.0535. The summed E-state index contributed by atoms with van der Waals surface area (Å²) in [7, 11) is 0. The topological polar surface area (TPSA) is 137 Å². The SMILES string of the molecule is CC(C)c1c(C(=O)N/N=C\C=C\c2ccccc2)nnn1-c1nonc1N. The molecule has 0 bridgehead atoms. The zero-order chi connectivity index (χ0) is 19.2. The second-order valence-corrected chi connectivity index (χ2v) is 5.85. The smallest absolute Gasteiger partial charge is 0.293 e. The number of aromatic nitrogens is 5. The first-order valence-corrected chi connectivity index (χ1v) is 8.17. The molecule has 3 aromatic rings. The van der Waals surface area contributed by atoms with Gasteiger partial charge in [0.25, 0.3) is 5.91 Å². The van der Waals surface area contributed by atoms with Crippen molar-refractivity contribution >= 4 is 24.0 Å². The molecule has 0 radical (unpaired) electrons. The van der Waals surface area contributed by atoms with E-state index in [0.29, 0.717) is 5.69 Å². The molecule has 0 aliphatic heterocycles. The number of hydrogen-bond acceptors (Lipinski definition) is 8. The van der Waals surface area contributed by atoms with Gasteiger partial charge in [0, 0.05) is 6.21 Å². The number of anilines is 1. The van der Waals surface area contributed by atoms with Crippen molar-refractivity contribution in [3.8, 4) is 5.82 Å². The van der Waals surface area contributed by atoms with Gasteiger partial charge in [-0.3, -0.25) is 4.79 Å². The predicted octanol–water partition coefficient (Wildman–Crippen LogP) is 1.78. The molecule has 0 unspecified atom stereocenters. The lowest BCUT2D eigenvalue weighted by Crippen LogP contribution is -2.20. The Labute approximate surface area is 154 Å². The third kappa shape index (κ3) is 4.06. The Bertz CT molecular complexity index is 972. The first-order valence-electron chi connectivity index (χ1n) is 8.17. The molecule has 0 aliphatic carbocycles. The van der Waals surface area contributed by atoms with E-state index < -0.39 is 5.91 Å². The van der Waals surface area contributed by atoms with Crippen LogP contribution >= 0.6 is 0 Å². The van der Waals surface area contributed by atoms with Gasteiger partial charge in [-0.15, -0.1) is 5.10 Å². The second kappa shape index (κ2) is 8.04. The zero-order valence-corrected chi connectivity index (χ0v) is 14.8. The highest BCUT2D eigenvalue weighted by Gasteiger charge is 2.25. The Kier molecular flexibility index (Phi) is 5.36. The fraction of sp³-hybridized carbons (Fsp3) is 0.176. The summed E-state index contributed by atoms with van der Waals surface area (Å²) < 4.78 is 5.92. The van der Waals surface area contributed by atoms with E-state index in [-0.39, 0.29) is 23.2 Å². The number of benzene rings is 1. The molecular weight excluding hydrogens is 348 g/mol. The Morgan fingerprint density at radius 1 is 1.30 bits per heavy atom. The minimum Gasteiger partial charge on any atom is -0.378 e. The largest absolute Gasteiger partial charge is 0.378 e. The molecule has 0 atom stereocenters. The van der Waals surface area contributed by atoms with Crippen LogP contribution in [0.1, 0.15) is 41.5 Å². The van der Waals surface area contributed by atoms with Gasteiger partial charge < -0.3 is 5.73 Å². The van der Waals surface area contributed by atoms with Crippen LogP contribution < -0.4 is 11.2 Å². The van der Waals surface area contributed by atoms with Gasteiger partial charge >= 0.3 is 0 Å². The van der Waals surface area contributed by atoms with Crippen LogP contribution in [0.2, 0.25) is 0 Å². The average molecular weight is 366 g/mol. The standard InChI is InChI=1S/C17H18N8O2/c1-11(2)14-13(20-24-25(14)16-15(18)22-27-23-16)17(26)21-19-10-6-9-12-7-4-3-5-8-12/h3-11H,1-2H3,(H2,18,22)(H,21,26)/b9-6+,19-10-. The molecule has 0 spiro atoms. The van der Waals surface area contributed by atoms with E-state index in [4.69, 9.17) is 5.73 Å². The van der Waals surface area contributed by atoms with Gasteiger partial charge in [0.1, 0.15) is 0 Å². The van der Waals surface area contributed by atoms with Gasteiger partial charge in [0.05, 0.1) is 5.69 Å². The van der Waals surface area contributed by atoms with Crippen LogP contribution in [-0.4, -0.2) is 37.4 Å². The number of allylic oxidation sites excluding steroid dienone is 1. The summed E-state index contributed by atoms with van der Waals surface area (Å²) in [4.78, 5) is 12.4. The molecule has 3 rings (SSSR count). The van der Waals surface area contributed by atoms with Crippen molar-refractivity contribution in [1.82, 2.24) is 30.7 Å². The van der Waals surface area contributed by atoms with E-state index in [9.17, 15) is 4.79 Å². The first kappa shape index (κ1) is 18.0. The van der Waals surface area contributed by atoms with Gasteiger partial charge in [0.2, 0.25) is 11.6 Å². The summed E-state index contributed by atoms with van der Waals surface area (Å²) >= 11 is 0. The van der Waals surface area contributed by atoms with Gasteiger partial charge in [-0.05, 0) is 27.9 Å². The van der Waals surface area contributed by atoms with E-state index in [1.807, 2.05) is 50.3 Å². The molecule has 0 aliphatic rings. The summed E-state index contributed by atoms with van der Waals surface area (Å²) in [6.07, 6.45) is 5.06. The number of rotatable bonds is 6. The Hall–Kier alpha value is -3.82. The van der Waals surface area contributed by atoms with Crippen molar-refractivity contribution in [3.63, 3.8) is 0 Å². The van der Waals surface area contributed by atoms with Crippen molar-refractivity contribution in [3.05, 3.63) is 53.4 Å². The molecule has 2 heterocycles. The van der Waals surface area contributed by atoms with Crippen LogP contribution in [0.15, 0.2) is 46.1 Å². The van der Waals surface area contributed by atoms with E-state index >= 15 is 0 Å². The van der Waals surface area contributed by atoms with Crippen LogP contribution in [0.3, 0.4) is 0 Å². The number of nitrogens with one attached hydrogen (secondary N) is 1. The van der Waals surface area contributed by atoms with Gasteiger partial charge in [0.15, 0.2) is 5.69 Å². The summed E-state index contributed by atoms with van der Waals surface area (Å²) in [5, 5.41) is 19.0. The summed E-state index contributed by atoms with van der Waals surface area (Å²) in [6.45, 7) is 3.78. The number of amides is 1. The molecule has 138 valence electrons. The molecule has 3 N–H and O–H groups in total. The quantitative estimate of drug-likeness (QED) is 0.501. The third-order valence-corrected chi connectivity index (χ3v) is 3.58. The maximum Gasteiger partial charge on any atom is 0.293 e. The molecule has 0 fully saturated rings. The normalized spacial score (nSPS) is 11.7. The third-order valence-electron chi connectivity index (χ3n) is 3.58. The fourth-order valence-electron chi connectivity index (χ4n) is 2.37. The van der Waals surface area contributed by atoms with Crippen molar-refractivity contribution < 1.29 is 9.42 Å². The van der Waals surface area contributed by atoms with Gasteiger partial charge in [-0.25, -0.2) is 10.1 Å². The van der Waals surface area contributed by atoms with E-state index in [1.165, 1.54) is 10.9 Å². The lowest BCUT2D eigenvalue weighted by atomic mass is 10.1. The maximum atomic E-state index is 12.4. The van der Waals surface area contributed by atoms with Crippen molar-refractivity contribution in [2.24, 2.45) is 5.10 Å². The zero-order valence-electron chi connectivity index (χ0n) is 14.8. The number of nitrogen functional groups attached to an aromatic ring is 1. The highest BCUT2D eigenvalue weighted by atomic mass is 16.6. The van der Waals surface area contributed by atoms with E-state index in [1.54, 1.807) is 6.08 Å². The number of hydrogen-bond donors (Lipinski definition) is 2. The summed E-state index contributed by atoms with van der Waals surface area (Å²) in [5.41, 5.74) is 9.79. The predicted molar refractivity (Wildman–Crippen MR) is 99.2 cm³/mol. The molecule has 27 heavy (non-hydrogen) atoms. The Morgan fingerprint density at radius 3 is 2.74 bits per heavy atom. The minimum atomic E-state index is -0.496. The number of carbonyl (C=O) groups is 1. The molecule has 2 aromatic heterocycles. The lowest BCUT2D eigenvalue weighted by Gasteiger charge is -2.07. The summed E-state index contributed by atoms with van der Waals surface area (Å²) in [5.74, 6) is -0.347. The lowest BCUT2D eigenvalue weighted by molar-refractivity contribution is 0.0948. The van der Waals surface area contributed by atoms with Crippen LogP contribution in [0.25, 0.3) is 11.9 Å². The van der Waals surface area contributed by atoms with Gasteiger partial charge in [-0.1, -0.05) is 55.5 Å². The van der Waals surface area contributed by atoms with Crippen molar-refractivity contribution in [2.75, 3.05) is 5.73 Å².